The molecule has 1 aromatic heterocycles. The molecular formula is C14H17N3O3. The number of hydrogen-bond acceptors (Lipinski definition) is 5. The molecule has 2 N–H and O–H groups in total. The van der Waals surface area contributed by atoms with Gasteiger partial charge in [0.05, 0.1) is 25.1 Å². The van der Waals surface area contributed by atoms with E-state index in [2.05, 4.69) is 5.10 Å². The van der Waals surface area contributed by atoms with Gasteiger partial charge in [0.1, 0.15) is 17.1 Å². The summed E-state index contributed by atoms with van der Waals surface area (Å²) in [6.45, 7) is 3.77. The molecular weight excluding hydrogens is 258 g/mol. The second kappa shape index (κ2) is 5.64. The topological polar surface area (TPSA) is 79.4 Å². The quantitative estimate of drug-likeness (QED) is 0.863. The third kappa shape index (κ3) is 2.45. The van der Waals surface area contributed by atoms with Crippen molar-refractivity contribution < 1.29 is 14.3 Å². The molecule has 0 saturated carbocycles. The van der Waals surface area contributed by atoms with Crippen molar-refractivity contribution in [2.45, 2.75) is 13.8 Å². The molecule has 0 radical (unpaired) electrons. The molecule has 1 aromatic carbocycles. The molecule has 1 heterocycles. The van der Waals surface area contributed by atoms with Crippen molar-refractivity contribution in [3.8, 4) is 11.4 Å². The lowest BCUT2D eigenvalue weighted by atomic mass is 10.2. The van der Waals surface area contributed by atoms with Crippen LogP contribution in [0.5, 0.6) is 5.75 Å². The Morgan fingerprint density at radius 1 is 1.35 bits per heavy atom. The molecule has 6 heteroatoms. The number of anilines is 1. The average molecular weight is 275 g/mol. The minimum Gasteiger partial charge on any atom is -0.497 e. The molecule has 0 aliphatic carbocycles. The number of ether oxygens (including phenoxy) is 2. The molecule has 0 unspecified atom stereocenters. The van der Waals surface area contributed by atoms with Crippen molar-refractivity contribution >= 4 is 11.8 Å². The molecule has 0 fully saturated rings. The van der Waals surface area contributed by atoms with Crippen LogP contribution < -0.4 is 10.5 Å². The average Bonchev–Trinajstić information content (AvgIpc) is 2.74. The molecule has 0 atom stereocenters. The van der Waals surface area contributed by atoms with E-state index in [0.29, 0.717) is 17.9 Å². The summed E-state index contributed by atoms with van der Waals surface area (Å²) in [7, 11) is 1.60. The zero-order valence-corrected chi connectivity index (χ0v) is 11.7. The molecule has 0 bridgehead atoms. The molecule has 0 aliphatic rings. The van der Waals surface area contributed by atoms with Crippen molar-refractivity contribution in [2.75, 3.05) is 19.5 Å². The van der Waals surface area contributed by atoms with Gasteiger partial charge in [0, 0.05) is 0 Å². The van der Waals surface area contributed by atoms with Gasteiger partial charge in [-0.2, -0.15) is 5.10 Å². The van der Waals surface area contributed by atoms with E-state index in [9.17, 15) is 4.79 Å². The number of nitrogens with zero attached hydrogens (tertiary/aromatic N) is 2. The number of benzene rings is 1. The van der Waals surface area contributed by atoms with Crippen LogP contribution in [-0.4, -0.2) is 29.5 Å². The number of carbonyl (C=O) groups is 1. The Morgan fingerprint density at radius 3 is 2.55 bits per heavy atom. The van der Waals surface area contributed by atoms with E-state index in [0.717, 1.165) is 11.4 Å². The Labute approximate surface area is 117 Å². The van der Waals surface area contributed by atoms with Gasteiger partial charge in [-0.25, -0.2) is 9.48 Å². The Hall–Kier alpha value is -2.50. The second-order valence-electron chi connectivity index (χ2n) is 4.18. The minimum absolute atomic E-state index is 0.270. The summed E-state index contributed by atoms with van der Waals surface area (Å²) < 4.78 is 11.6. The first-order valence-electron chi connectivity index (χ1n) is 6.25. The van der Waals surface area contributed by atoms with Gasteiger partial charge in [0.2, 0.25) is 0 Å². The van der Waals surface area contributed by atoms with Crippen LogP contribution in [-0.2, 0) is 4.74 Å². The first-order valence-corrected chi connectivity index (χ1v) is 6.25. The van der Waals surface area contributed by atoms with Crippen molar-refractivity contribution in [3.05, 3.63) is 35.5 Å². The molecule has 0 saturated heterocycles. The van der Waals surface area contributed by atoms with Gasteiger partial charge < -0.3 is 15.2 Å². The Bertz CT molecular complexity index is 617. The maximum atomic E-state index is 11.9. The van der Waals surface area contributed by atoms with Gasteiger partial charge in [0.15, 0.2) is 0 Å². The van der Waals surface area contributed by atoms with Crippen LogP contribution in [0.25, 0.3) is 5.69 Å². The van der Waals surface area contributed by atoms with E-state index < -0.39 is 5.97 Å². The van der Waals surface area contributed by atoms with Gasteiger partial charge >= 0.3 is 5.97 Å². The smallest absolute Gasteiger partial charge is 0.343 e. The number of hydrogen-bond donors (Lipinski definition) is 1. The molecule has 0 amide bonds. The fourth-order valence-electron chi connectivity index (χ4n) is 1.92. The Balaban J connectivity index is 2.42. The first-order chi connectivity index (χ1) is 9.58. The lowest BCUT2D eigenvalue weighted by molar-refractivity contribution is 0.0527. The van der Waals surface area contributed by atoms with Crippen LogP contribution in [0.3, 0.4) is 0 Å². The van der Waals surface area contributed by atoms with Crippen molar-refractivity contribution in [1.29, 1.82) is 0 Å². The SMILES string of the molecule is CCOC(=O)c1c(C)nn(-c2ccc(OC)cc2)c1N. The lowest BCUT2D eigenvalue weighted by Gasteiger charge is -2.06. The summed E-state index contributed by atoms with van der Waals surface area (Å²) in [4.78, 5) is 11.9. The highest BCUT2D eigenvalue weighted by atomic mass is 16.5. The van der Waals surface area contributed by atoms with E-state index in [1.165, 1.54) is 4.68 Å². The van der Waals surface area contributed by atoms with Crippen molar-refractivity contribution in [1.82, 2.24) is 9.78 Å². The number of aromatic nitrogens is 2. The van der Waals surface area contributed by atoms with Crippen LogP contribution in [0.1, 0.15) is 23.0 Å². The molecule has 0 aliphatic heterocycles. The predicted molar refractivity (Wildman–Crippen MR) is 75.2 cm³/mol. The molecule has 106 valence electrons. The molecule has 0 spiro atoms. The Morgan fingerprint density at radius 2 is 2.00 bits per heavy atom. The summed E-state index contributed by atoms with van der Waals surface area (Å²) in [6.07, 6.45) is 0. The number of aryl methyl sites for hydroxylation is 1. The highest BCUT2D eigenvalue weighted by molar-refractivity contribution is 5.95. The van der Waals surface area contributed by atoms with Crippen LogP contribution in [0, 0.1) is 6.92 Å². The highest BCUT2D eigenvalue weighted by Gasteiger charge is 2.21. The number of rotatable bonds is 4. The second-order valence-corrected chi connectivity index (χ2v) is 4.18. The molecule has 20 heavy (non-hydrogen) atoms. The fraction of sp³-hybridized carbons (Fsp3) is 0.286. The van der Waals surface area contributed by atoms with Gasteiger partial charge in [0.25, 0.3) is 0 Å². The number of nitrogen functional groups attached to an aromatic ring is 1. The first kappa shape index (κ1) is 13.9. The molecule has 6 nitrogen and oxygen atoms in total. The third-order valence-corrected chi connectivity index (χ3v) is 2.89. The molecule has 2 rings (SSSR count). The summed E-state index contributed by atoms with van der Waals surface area (Å²) in [5.41, 5.74) is 7.60. The van der Waals surface area contributed by atoms with Gasteiger partial charge in [-0.05, 0) is 38.1 Å². The zero-order valence-electron chi connectivity index (χ0n) is 11.7. The van der Waals surface area contributed by atoms with Crippen molar-refractivity contribution in [2.24, 2.45) is 0 Å². The predicted octanol–water partition coefficient (Wildman–Crippen LogP) is 1.95. The van der Waals surface area contributed by atoms with Crippen LogP contribution in [0.2, 0.25) is 0 Å². The largest absolute Gasteiger partial charge is 0.497 e. The summed E-state index contributed by atoms with van der Waals surface area (Å²) in [5.74, 6) is 0.551. The van der Waals surface area contributed by atoms with E-state index in [-0.39, 0.29) is 5.82 Å². The van der Waals surface area contributed by atoms with Crippen LogP contribution >= 0.6 is 0 Å². The van der Waals surface area contributed by atoms with E-state index in [4.69, 9.17) is 15.2 Å². The zero-order chi connectivity index (χ0) is 14.7. The summed E-state index contributed by atoms with van der Waals surface area (Å²) in [5, 5.41) is 4.29. The number of carbonyl (C=O) groups excluding carboxylic acids is 1. The van der Waals surface area contributed by atoms with E-state index >= 15 is 0 Å². The normalized spacial score (nSPS) is 10.3. The van der Waals surface area contributed by atoms with E-state index in [1.807, 2.05) is 12.1 Å². The lowest BCUT2D eigenvalue weighted by Crippen LogP contribution is -2.09. The monoisotopic (exact) mass is 275 g/mol. The van der Waals surface area contributed by atoms with Gasteiger partial charge in [-0.1, -0.05) is 0 Å². The van der Waals surface area contributed by atoms with E-state index in [1.54, 1.807) is 33.1 Å². The number of methoxy groups -OCH3 is 1. The summed E-state index contributed by atoms with van der Waals surface area (Å²) in [6, 6.07) is 7.23. The van der Waals surface area contributed by atoms with Gasteiger partial charge in [-0.15, -0.1) is 0 Å². The number of esters is 1. The maximum absolute atomic E-state index is 11.9. The van der Waals surface area contributed by atoms with Crippen molar-refractivity contribution in [3.63, 3.8) is 0 Å². The van der Waals surface area contributed by atoms with Gasteiger partial charge in [-0.3, -0.25) is 0 Å². The molecule has 2 aromatic rings. The summed E-state index contributed by atoms with van der Waals surface area (Å²) >= 11 is 0. The van der Waals surface area contributed by atoms with Crippen LogP contribution in [0.15, 0.2) is 24.3 Å². The minimum atomic E-state index is -0.456. The fourth-order valence-corrected chi connectivity index (χ4v) is 1.92. The standard InChI is InChI=1S/C14H17N3O3/c1-4-20-14(18)12-9(2)16-17(13(12)15)10-5-7-11(19-3)8-6-10/h5-8H,4,15H2,1-3H3. The number of nitrogens with two attached hydrogens (primary N) is 1. The highest BCUT2D eigenvalue weighted by Crippen LogP contribution is 2.23. The maximum Gasteiger partial charge on any atom is 0.343 e. The van der Waals surface area contributed by atoms with Crippen LogP contribution in [0.4, 0.5) is 5.82 Å². The Kier molecular flexibility index (Phi) is 3.93. The third-order valence-electron chi connectivity index (χ3n) is 2.89.